The van der Waals surface area contributed by atoms with E-state index in [4.69, 9.17) is 0 Å². The molecule has 3 aromatic rings. The number of benzene rings is 3. The van der Waals surface area contributed by atoms with Gasteiger partial charge in [0.05, 0.1) is 0 Å². The van der Waals surface area contributed by atoms with Gasteiger partial charge >= 0.3 is 0 Å². The predicted molar refractivity (Wildman–Crippen MR) is 118 cm³/mol. The molecule has 1 heteroatoms. The van der Waals surface area contributed by atoms with Gasteiger partial charge in [0.2, 0.25) is 0 Å². The van der Waals surface area contributed by atoms with Crippen LogP contribution in [0.2, 0.25) is 0 Å². The second-order valence-electron chi connectivity index (χ2n) is 8.14. The average Bonchev–Trinajstić information content (AvgIpc) is 2.66. The summed E-state index contributed by atoms with van der Waals surface area (Å²) in [6.45, 7) is 14.0. The highest BCUT2D eigenvalue weighted by atomic mass is 14.9. The summed E-state index contributed by atoms with van der Waals surface area (Å²) in [7, 11) is 0. The predicted octanol–water partition coefficient (Wildman–Crippen LogP) is 6.72. The SMILES string of the molecule is C=C(NCc1ccccc1)c1c(C)cccc1-c1ccc(C(C)(C)C)cc1. The Hall–Kier alpha value is -2.80. The van der Waals surface area contributed by atoms with Crippen LogP contribution in [0.3, 0.4) is 0 Å². The van der Waals surface area contributed by atoms with E-state index in [2.05, 4.69) is 106 Å². The lowest BCUT2D eigenvalue weighted by atomic mass is 9.85. The van der Waals surface area contributed by atoms with Gasteiger partial charge in [-0.15, -0.1) is 0 Å². The first-order valence-electron chi connectivity index (χ1n) is 9.54. The van der Waals surface area contributed by atoms with Gasteiger partial charge in [-0.05, 0) is 40.2 Å². The first-order chi connectivity index (χ1) is 12.9. The summed E-state index contributed by atoms with van der Waals surface area (Å²) < 4.78 is 0. The lowest BCUT2D eigenvalue weighted by Gasteiger charge is -2.20. The van der Waals surface area contributed by atoms with Crippen LogP contribution in [-0.2, 0) is 12.0 Å². The van der Waals surface area contributed by atoms with Gasteiger partial charge in [0.15, 0.2) is 0 Å². The number of hydrogen-bond donors (Lipinski definition) is 1. The molecule has 3 rings (SSSR count). The molecule has 0 aliphatic heterocycles. The van der Waals surface area contributed by atoms with Gasteiger partial charge in [-0.3, -0.25) is 0 Å². The lowest BCUT2D eigenvalue weighted by Crippen LogP contribution is -2.13. The smallest absolute Gasteiger partial charge is 0.0400 e. The molecule has 3 aromatic carbocycles. The summed E-state index contributed by atoms with van der Waals surface area (Å²) in [5.41, 5.74) is 8.60. The Bertz CT molecular complexity index is 913. The van der Waals surface area contributed by atoms with E-state index in [0.717, 1.165) is 12.2 Å². The summed E-state index contributed by atoms with van der Waals surface area (Å²) in [4.78, 5) is 0. The number of hydrogen-bond acceptors (Lipinski definition) is 1. The van der Waals surface area contributed by atoms with Gasteiger partial charge in [0.25, 0.3) is 0 Å². The van der Waals surface area contributed by atoms with Crippen LogP contribution < -0.4 is 5.32 Å². The summed E-state index contributed by atoms with van der Waals surface area (Å²) in [6.07, 6.45) is 0. The van der Waals surface area contributed by atoms with Crippen LogP contribution >= 0.6 is 0 Å². The van der Waals surface area contributed by atoms with E-state index in [1.165, 1.54) is 33.4 Å². The van der Waals surface area contributed by atoms with Crippen molar-refractivity contribution in [3.8, 4) is 11.1 Å². The van der Waals surface area contributed by atoms with Gasteiger partial charge in [-0.25, -0.2) is 0 Å². The van der Waals surface area contributed by atoms with Crippen molar-refractivity contribution in [2.75, 3.05) is 0 Å². The van der Waals surface area contributed by atoms with Crippen LogP contribution in [-0.4, -0.2) is 0 Å². The van der Waals surface area contributed by atoms with Crippen molar-refractivity contribution < 1.29 is 0 Å². The normalized spacial score (nSPS) is 11.3. The fraction of sp³-hybridized carbons (Fsp3) is 0.231. The fourth-order valence-corrected chi connectivity index (χ4v) is 3.35. The van der Waals surface area contributed by atoms with Gasteiger partial charge < -0.3 is 5.32 Å². The molecule has 0 aliphatic carbocycles. The molecule has 0 spiro atoms. The number of nitrogens with one attached hydrogen (secondary N) is 1. The Morgan fingerprint density at radius 2 is 1.52 bits per heavy atom. The first-order valence-corrected chi connectivity index (χ1v) is 9.54. The quantitative estimate of drug-likeness (QED) is 0.535. The second kappa shape index (κ2) is 7.84. The molecule has 0 heterocycles. The molecule has 0 saturated heterocycles. The zero-order valence-electron chi connectivity index (χ0n) is 16.8. The van der Waals surface area contributed by atoms with Crippen LogP contribution in [0.1, 0.15) is 43.0 Å². The van der Waals surface area contributed by atoms with E-state index in [0.29, 0.717) is 0 Å². The molecular weight excluding hydrogens is 326 g/mol. The molecule has 0 radical (unpaired) electrons. The van der Waals surface area contributed by atoms with Gasteiger partial charge in [-0.2, -0.15) is 0 Å². The van der Waals surface area contributed by atoms with E-state index >= 15 is 0 Å². The Morgan fingerprint density at radius 3 is 2.15 bits per heavy atom. The summed E-state index contributed by atoms with van der Waals surface area (Å²) in [6, 6.07) is 25.8. The van der Waals surface area contributed by atoms with Crippen molar-refractivity contribution in [1.82, 2.24) is 5.32 Å². The van der Waals surface area contributed by atoms with E-state index in [1.807, 2.05) is 6.07 Å². The molecule has 0 fully saturated rings. The molecule has 0 unspecified atom stereocenters. The highest BCUT2D eigenvalue weighted by Gasteiger charge is 2.15. The van der Waals surface area contributed by atoms with Gasteiger partial charge in [0, 0.05) is 17.8 Å². The first kappa shape index (κ1) is 19.0. The largest absolute Gasteiger partial charge is 0.381 e. The van der Waals surface area contributed by atoms with Crippen LogP contribution in [0.15, 0.2) is 79.4 Å². The van der Waals surface area contributed by atoms with Crippen LogP contribution in [0.5, 0.6) is 0 Å². The maximum atomic E-state index is 4.33. The molecule has 0 atom stereocenters. The molecule has 0 amide bonds. The Morgan fingerprint density at radius 1 is 0.852 bits per heavy atom. The third-order valence-electron chi connectivity index (χ3n) is 4.99. The van der Waals surface area contributed by atoms with Crippen molar-refractivity contribution in [3.05, 3.63) is 102 Å². The summed E-state index contributed by atoms with van der Waals surface area (Å²) in [5, 5.41) is 3.51. The summed E-state index contributed by atoms with van der Waals surface area (Å²) >= 11 is 0. The van der Waals surface area contributed by atoms with Crippen molar-refractivity contribution in [2.45, 2.75) is 39.7 Å². The standard InChI is InChI=1S/C26H29N/c1-19-10-9-13-24(22-14-16-23(17-15-22)26(3,4)5)25(19)20(2)27-18-21-11-7-6-8-12-21/h6-17,27H,2,18H2,1,3-5H3. The maximum absolute atomic E-state index is 4.33. The molecule has 0 bridgehead atoms. The zero-order chi connectivity index (χ0) is 19.4. The molecule has 1 nitrogen and oxygen atoms in total. The minimum absolute atomic E-state index is 0.162. The van der Waals surface area contributed by atoms with Crippen LogP contribution in [0, 0.1) is 6.92 Å². The average molecular weight is 356 g/mol. The van der Waals surface area contributed by atoms with Gasteiger partial charge in [0.1, 0.15) is 0 Å². The lowest BCUT2D eigenvalue weighted by molar-refractivity contribution is 0.590. The molecule has 1 N–H and O–H groups in total. The molecule has 138 valence electrons. The van der Waals surface area contributed by atoms with E-state index in [1.54, 1.807) is 0 Å². The number of rotatable bonds is 5. The summed E-state index contributed by atoms with van der Waals surface area (Å²) in [5.74, 6) is 0. The molecule has 0 aliphatic rings. The van der Waals surface area contributed by atoms with Gasteiger partial charge in [-0.1, -0.05) is 100 Å². The number of aryl methyl sites for hydroxylation is 1. The minimum atomic E-state index is 0.162. The minimum Gasteiger partial charge on any atom is -0.381 e. The highest BCUT2D eigenvalue weighted by molar-refractivity contribution is 5.81. The Labute approximate surface area is 163 Å². The fourth-order valence-electron chi connectivity index (χ4n) is 3.35. The van der Waals surface area contributed by atoms with E-state index in [-0.39, 0.29) is 5.41 Å². The Balaban J connectivity index is 1.89. The second-order valence-corrected chi connectivity index (χ2v) is 8.14. The van der Waals surface area contributed by atoms with E-state index in [9.17, 15) is 0 Å². The van der Waals surface area contributed by atoms with Crippen LogP contribution in [0.25, 0.3) is 16.8 Å². The highest BCUT2D eigenvalue weighted by Crippen LogP contribution is 2.32. The monoisotopic (exact) mass is 355 g/mol. The molecular formula is C26H29N. The van der Waals surface area contributed by atoms with Crippen molar-refractivity contribution >= 4 is 5.70 Å². The Kier molecular flexibility index (Phi) is 5.51. The molecule has 27 heavy (non-hydrogen) atoms. The van der Waals surface area contributed by atoms with Crippen molar-refractivity contribution in [1.29, 1.82) is 0 Å². The maximum Gasteiger partial charge on any atom is 0.0400 e. The van der Waals surface area contributed by atoms with Crippen LogP contribution in [0.4, 0.5) is 0 Å². The molecule has 0 aromatic heterocycles. The third-order valence-corrected chi connectivity index (χ3v) is 4.99. The zero-order valence-corrected chi connectivity index (χ0v) is 16.8. The van der Waals surface area contributed by atoms with E-state index < -0.39 is 0 Å². The molecule has 0 saturated carbocycles. The van der Waals surface area contributed by atoms with Crippen molar-refractivity contribution in [2.24, 2.45) is 0 Å². The topological polar surface area (TPSA) is 12.0 Å². The third kappa shape index (κ3) is 4.49. The van der Waals surface area contributed by atoms with Crippen molar-refractivity contribution in [3.63, 3.8) is 0 Å².